The summed E-state index contributed by atoms with van der Waals surface area (Å²) >= 11 is 1.43. The number of thioether (sulfide) groups is 1. The minimum atomic E-state index is 0. The number of aliphatic imine (C=N–C) groups is 1. The van der Waals surface area contributed by atoms with Crippen LogP contribution in [-0.4, -0.2) is 11.4 Å². The maximum atomic E-state index is 5.56. The summed E-state index contributed by atoms with van der Waals surface area (Å²) in [5.74, 6) is 0. The minimum Gasteiger partial charge on any atom is -0.378 e. The molecule has 1 aromatic rings. The summed E-state index contributed by atoms with van der Waals surface area (Å²) in [4.78, 5) is 4.17. The number of hydrogen-bond donors (Lipinski definition) is 2. The third kappa shape index (κ3) is 5.89. The smallest absolute Gasteiger partial charge is 0.158 e. The van der Waals surface area contributed by atoms with Crippen LogP contribution in [0.1, 0.15) is 5.56 Å². The predicted octanol–water partition coefficient (Wildman–Crippen LogP) is 2.30. The molecule has 1 rings (SSSR count). The van der Waals surface area contributed by atoms with E-state index in [1.807, 2.05) is 30.5 Å². The van der Waals surface area contributed by atoms with E-state index in [0.717, 1.165) is 11.3 Å². The van der Waals surface area contributed by atoms with Crippen LogP contribution >= 0.6 is 36.6 Å². The van der Waals surface area contributed by atoms with E-state index in [0.29, 0.717) is 11.7 Å². The lowest BCUT2D eigenvalue weighted by Gasteiger charge is -1.98. The van der Waals surface area contributed by atoms with Gasteiger partial charge in [0.05, 0.1) is 5.69 Å². The Balaban J connectivity index is 0. The summed E-state index contributed by atoms with van der Waals surface area (Å²) in [7, 11) is 0. The highest BCUT2D eigenvalue weighted by Crippen LogP contribution is 2.13. The van der Waals surface area contributed by atoms with Crippen LogP contribution in [0.3, 0.4) is 0 Å². The molecule has 0 aromatic heterocycles. The Kier molecular flexibility index (Phi) is 10.0. The maximum absolute atomic E-state index is 5.56. The van der Waals surface area contributed by atoms with Gasteiger partial charge in [-0.2, -0.15) is 0 Å². The first kappa shape index (κ1) is 17.0. The molecule has 0 saturated carbocycles. The molecule has 0 amide bonds. The van der Waals surface area contributed by atoms with Gasteiger partial charge in [0.15, 0.2) is 5.17 Å². The highest BCUT2D eigenvalue weighted by Gasteiger charge is 1.92. The fourth-order valence-electron chi connectivity index (χ4n) is 0.879. The molecule has 0 radical (unpaired) electrons. The van der Waals surface area contributed by atoms with Gasteiger partial charge in [0.1, 0.15) is 0 Å². The van der Waals surface area contributed by atoms with Crippen molar-refractivity contribution in [2.75, 3.05) is 6.26 Å². The second-order valence-corrected chi connectivity index (χ2v) is 3.35. The Morgan fingerprint density at radius 1 is 1.27 bits per heavy atom. The number of rotatable bonds is 2. The largest absolute Gasteiger partial charge is 0.378 e. The van der Waals surface area contributed by atoms with Crippen molar-refractivity contribution in [3.63, 3.8) is 0 Å². The Bertz CT molecular complexity index is 301. The van der Waals surface area contributed by atoms with Gasteiger partial charge in [0.2, 0.25) is 0 Å². The second-order valence-electron chi connectivity index (χ2n) is 2.52. The van der Waals surface area contributed by atoms with E-state index >= 15 is 0 Å². The molecule has 0 fully saturated rings. The summed E-state index contributed by atoms with van der Waals surface area (Å²) in [6.45, 7) is 0.558. The zero-order valence-corrected chi connectivity index (χ0v) is 10.8. The van der Waals surface area contributed by atoms with Crippen LogP contribution in [0.25, 0.3) is 0 Å². The van der Waals surface area contributed by atoms with Gasteiger partial charge in [-0.3, -0.25) is 0 Å². The molecule has 86 valence electrons. The van der Waals surface area contributed by atoms with Crippen molar-refractivity contribution < 1.29 is 0 Å². The molecular weight excluding hydrogens is 253 g/mol. The van der Waals surface area contributed by atoms with E-state index < -0.39 is 0 Å². The van der Waals surface area contributed by atoms with E-state index in [1.54, 1.807) is 0 Å². The third-order valence-corrected chi connectivity index (χ3v) is 2.13. The summed E-state index contributed by atoms with van der Waals surface area (Å²) in [5.41, 5.74) is 13.0. The molecule has 0 aliphatic carbocycles. The second kappa shape index (κ2) is 8.85. The molecule has 0 spiro atoms. The average Bonchev–Trinajstić information content (AvgIpc) is 2.19. The van der Waals surface area contributed by atoms with Gasteiger partial charge >= 0.3 is 0 Å². The highest BCUT2D eigenvalue weighted by atomic mass is 35.5. The fourth-order valence-corrected chi connectivity index (χ4v) is 1.08. The molecule has 15 heavy (non-hydrogen) atoms. The molecule has 0 saturated heterocycles. The van der Waals surface area contributed by atoms with E-state index in [2.05, 4.69) is 4.99 Å². The number of hydrogen-bond acceptors (Lipinski definition) is 3. The first-order valence-corrected chi connectivity index (χ1v) is 5.16. The molecule has 0 atom stereocenters. The van der Waals surface area contributed by atoms with Crippen molar-refractivity contribution in [1.82, 2.24) is 0 Å². The Morgan fingerprint density at radius 3 is 2.20 bits per heavy atom. The Hall–Kier alpha value is -0.420. The number of nitrogens with zero attached hydrogens (tertiary/aromatic N) is 1. The van der Waals surface area contributed by atoms with Crippen molar-refractivity contribution in [2.45, 2.75) is 6.54 Å². The average molecular weight is 268 g/mol. The standard InChI is InChI=1S/C9H13N3S.2ClH/c1-13-9(11)12-8-4-2-7(6-10)3-5-8;;/h2-5H,6,10H2,1H3,(H2,11,12);2*1H. The molecule has 0 bridgehead atoms. The van der Waals surface area contributed by atoms with E-state index in [-0.39, 0.29) is 24.8 Å². The van der Waals surface area contributed by atoms with Crippen molar-refractivity contribution in [1.29, 1.82) is 0 Å². The number of halogens is 2. The predicted molar refractivity (Wildman–Crippen MR) is 73.6 cm³/mol. The van der Waals surface area contributed by atoms with Crippen molar-refractivity contribution in [3.05, 3.63) is 29.8 Å². The SMILES string of the molecule is CSC(N)=Nc1ccc(CN)cc1.Cl.Cl. The third-order valence-electron chi connectivity index (χ3n) is 1.62. The molecule has 1 aromatic carbocycles. The minimum absolute atomic E-state index is 0. The number of nitrogens with two attached hydrogens (primary N) is 2. The first-order valence-electron chi connectivity index (χ1n) is 3.93. The lowest BCUT2D eigenvalue weighted by atomic mass is 10.2. The van der Waals surface area contributed by atoms with Gasteiger partial charge in [-0.05, 0) is 24.0 Å². The monoisotopic (exact) mass is 267 g/mol. The van der Waals surface area contributed by atoms with Crippen LogP contribution < -0.4 is 11.5 Å². The molecule has 0 unspecified atom stereocenters. The normalized spacial score (nSPS) is 10.1. The Morgan fingerprint density at radius 2 is 1.80 bits per heavy atom. The van der Waals surface area contributed by atoms with Crippen LogP contribution in [0, 0.1) is 0 Å². The van der Waals surface area contributed by atoms with Gasteiger partial charge in [0.25, 0.3) is 0 Å². The highest BCUT2D eigenvalue weighted by molar-refractivity contribution is 8.13. The van der Waals surface area contributed by atoms with Gasteiger partial charge in [0, 0.05) is 6.54 Å². The van der Waals surface area contributed by atoms with E-state index in [1.165, 1.54) is 11.8 Å². The number of benzene rings is 1. The van der Waals surface area contributed by atoms with Gasteiger partial charge in [-0.25, -0.2) is 4.99 Å². The zero-order valence-electron chi connectivity index (χ0n) is 8.34. The van der Waals surface area contributed by atoms with Gasteiger partial charge in [-0.15, -0.1) is 24.8 Å². The molecule has 0 aliphatic rings. The molecule has 0 heterocycles. The Labute approximate surface area is 107 Å². The molecule has 3 nitrogen and oxygen atoms in total. The van der Waals surface area contributed by atoms with Crippen molar-refractivity contribution in [3.8, 4) is 0 Å². The first-order chi connectivity index (χ1) is 6.26. The fraction of sp³-hybridized carbons (Fsp3) is 0.222. The van der Waals surface area contributed by atoms with Crippen molar-refractivity contribution >= 4 is 47.4 Å². The van der Waals surface area contributed by atoms with Crippen LogP contribution in [0.4, 0.5) is 5.69 Å². The van der Waals surface area contributed by atoms with Crippen LogP contribution in [0.5, 0.6) is 0 Å². The zero-order chi connectivity index (χ0) is 9.68. The maximum Gasteiger partial charge on any atom is 0.158 e. The molecular formula is C9H15Cl2N3S. The van der Waals surface area contributed by atoms with E-state index in [9.17, 15) is 0 Å². The molecule has 4 N–H and O–H groups in total. The molecule has 0 aliphatic heterocycles. The van der Waals surface area contributed by atoms with Gasteiger partial charge < -0.3 is 11.5 Å². The lowest BCUT2D eigenvalue weighted by Crippen LogP contribution is -2.04. The quantitative estimate of drug-likeness (QED) is 0.639. The van der Waals surface area contributed by atoms with Crippen LogP contribution in [-0.2, 0) is 6.54 Å². The topological polar surface area (TPSA) is 64.4 Å². The van der Waals surface area contributed by atoms with Gasteiger partial charge in [-0.1, -0.05) is 23.9 Å². The summed E-state index contributed by atoms with van der Waals surface area (Å²) in [6.07, 6.45) is 1.90. The van der Waals surface area contributed by atoms with Crippen LogP contribution in [0.15, 0.2) is 29.3 Å². The summed E-state index contributed by atoms with van der Waals surface area (Å²) in [6, 6.07) is 7.72. The summed E-state index contributed by atoms with van der Waals surface area (Å²) < 4.78 is 0. The number of amidine groups is 1. The van der Waals surface area contributed by atoms with E-state index in [4.69, 9.17) is 11.5 Å². The lowest BCUT2D eigenvalue weighted by molar-refractivity contribution is 1.07. The molecule has 6 heteroatoms. The summed E-state index contributed by atoms with van der Waals surface area (Å²) in [5, 5.41) is 0.570. The van der Waals surface area contributed by atoms with Crippen LogP contribution in [0.2, 0.25) is 0 Å². The van der Waals surface area contributed by atoms with Crippen molar-refractivity contribution in [2.24, 2.45) is 16.5 Å².